The molecule has 0 amide bonds. The van der Waals surface area contributed by atoms with Gasteiger partial charge in [0.05, 0.1) is 7.11 Å². The second-order valence-corrected chi connectivity index (χ2v) is 3.38. The van der Waals surface area contributed by atoms with Gasteiger partial charge in [-0.15, -0.1) is 0 Å². The highest BCUT2D eigenvalue weighted by Gasteiger charge is 2.04. The number of para-hydroxylation sites is 1. The van der Waals surface area contributed by atoms with Crippen LogP contribution < -0.4 is 5.32 Å². The second-order valence-electron chi connectivity index (χ2n) is 3.38. The number of ether oxygens (including phenoxy) is 1. The number of methoxy groups -OCH3 is 1. The summed E-state index contributed by atoms with van der Waals surface area (Å²) in [5, 5.41) is 3.36. The van der Waals surface area contributed by atoms with Crippen LogP contribution in [0.1, 0.15) is 18.9 Å². The maximum Gasteiger partial charge on any atom is 0.302 e. The molecule has 0 saturated heterocycles. The minimum atomic E-state index is -0.245. The Kier molecular flexibility index (Phi) is 4.68. The highest BCUT2D eigenvalue weighted by atomic mass is 16.5. The van der Waals surface area contributed by atoms with Gasteiger partial charge in [-0.25, -0.2) is 0 Å². The van der Waals surface area contributed by atoms with Crippen molar-refractivity contribution in [3.05, 3.63) is 29.8 Å². The number of hydrogen-bond acceptors (Lipinski definition) is 3. The molecule has 15 heavy (non-hydrogen) atoms. The maximum absolute atomic E-state index is 9.59. The van der Waals surface area contributed by atoms with Gasteiger partial charge < -0.3 is 10.1 Å². The maximum atomic E-state index is 9.59. The van der Waals surface area contributed by atoms with E-state index in [0.29, 0.717) is 0 Å². The Morgan fingerprint density at radius 1 is 1.40 bits per heavy atom. The van der Waals surface area contributed by atoms with Crippen molar-refractivity contribution in [3.63, 3.8) is 0 Å². The average Bonchev–Trinajstić information content (AvgIpc) is 2.30. The summed E-state index contributed by atoms with van der Waals surface area (Å²) in [5.74, 6) is -0.245. The number of anilines is 1. The number of hydrogen-bond donors (Lipinski definition) is 1. The molecule has 0 unspecified atom stereocenters. The van der Waals surface area contributed by atoms with Crippen LogP contribution in [0, 0.1) is 0 Å². The molecule has 3 nitrogen and oxygen atoms in total. The summed E-state index contributed by atoms with van der Waals surface area (Å²) < 4.78 is 4.11. The molecule has 82 valence electrons. The molecular formula is C12H17NO2. The van der Waals surface area contributed by atoms with Crippen LogP contribution in [0.25, 0.3) is 0 Å². The average molecular weight is 207 g/mol. The van der Waals surface area contributed by atoms with Gasteiger partial charge in [0.2, 0.25) is 0 Å². The molecule has 1 aromatic carbocycles. The van der Waals surface area contributed by atoms with Crippen LogP contribution in [-0.2, 0) is 16.0 Å². The zero-order chi connectivity index (χ0) is 11.1. The van der Waals surface area contributed by atoms with E-state index in [9.17, 15) is 4.79 Å². The predicted octanol–water partition coefficient (Wildman–Crippen LogP) is 2.22. The van der Waals surface area contributed by atoms with E-state index in [4.69, 9.17) is 0 Å². The molecule has 1 aliphatic rings. The molecule has 0 fully saturated rings. The first kappa shape index (κ1) is 11.6. The van der Waals surface area contributed by atoms with Crippen LogP contribution in [0.15, 0.2) is 24.3 Å². The van der Waals surface area contributed by atoms with Gasteiger partial charge in [-0.05, 0) is 24.5 Å². The molecule has 1 aromatic rings. The third kappa shape index (κ3) is 4.02. The fourth-order valence-electron chi connectivity index (χ4n) is 1.41. The van der Waals surface area contributed by atoms with Crippen LogP contribution in [0.2, 0.25) is 0 Å². The van der Waals surface area contributed by atoms with Crippen LogP contribution in [0.3, 0.4) is 0 Å². The first-order chi connectivity index (χ1) is 7.24. The first-order valence-corrected chi connectivity index (χ1v) is 5.10. The molecule has 0 spiro atoms. The molecule has 2 rings (SSSR count). The largest absolute Gasteiger partial charge is 0.469 e. The van der Waals surface area contributed by atoms with Crippen LogP contribution >= 0.6 is 0 Å². The molecule has 0 aliphatic carbocycles. The monoisotopic (exact) mass is 207 g/mol. The van der Waals surface area contributed by atoms with E-state index in [-0.39, 0.29) is 5.97 Å². The van der Waals surface area contributed by atoms with Crippen molar-refractivity contribution in [2.24, 2.45) is 0 Å². The number of carbonyl (C=O) groups is 1. The number of aryl methyl sites for hydroxylation is 1. The predicted molar refractivity (Wildman–Crippen MR) is 60.9 cm³/mol. The van der Waals surface area contributed by atoms with Crippen molar-refractivity contribution in [2.75, 3.05) is 19.0 Å². The molecule has 0 radical (unpaired) electrons. The first-order valence-electron chi connectivity index (χ1n) is 5.10. The third-order valence-corrected chi connectivity index (χ3v) is 2.24. The number of rotatable bonds is 0. The van der Waals surface area contributed by atoms with Gasteiger partial charge in [-0.3, -0.25) is 4.79 Å². The van der Waals surface area contributed by atoms with E-state index in [1.807, 2.05) is 0 Å². The van der Waals surface area contributed by atoms with Gasteiger partial charge in [0.1, 0.15) is 0 Å². The highest BCUT2D eigenvalue weighted by molar-refractivity contribution is 5.65. The third-order valence-electron chi connectivity index (χ3n) is 2.24. The Morgan fingerprint density at radius 2 is 2.07 bits per heavy atom. The molecular weight excluding hydrogens is 190 g/mol. The van der Waals surface area contributed by atoms with E-state index in [1.165, 1.54) is 38.1 Å². The zero-order valence-corrected chi connectivity index (χ0v) is 9.25. The topological polar surface area (TPSA) is 38.3 Å². The minimum Gasteiger partial charge on any atom is -0.469 e. The Morgan fingerprint density at radius 3 is 2.67 bits per heavy atom. The van der Waals surface area contributed by atoms with E-state index < -0.39 is 0 Å². The lowest BCUT2D eigenvalue weighted by Gasteiger charge is -2.16. The molecule has 1 heterocycles. The summed E-state index contributed by atoms with van der Waals surface area (Å²) in [6.07, 6.45) is 2.51. The standard InChI is InChI=1S/C9H11N.C3H6O2/c1-2-6-9-8(4-1)5-3-7-10-9;1-3(4)5-2/h1-2,4,6,10H,3,5,7H2;1-2H3. The van der Waals surface area contributed by atoms with E-state index >= 15 is 0 Å². The molecule has 1 aliphatic heterocycles. The molecule has 1 N–H and O–H groups in total. The van der Waals surface area contributed by atoms with Crippen molar-refractivity contribution in [1.82, 2.24) is 0 Å². The summed E-state index contributed by atoms with van der Waals surface area (Å²) in [6.45, 7) is 2.50. The van der Waals surface area contributed by atoms with Crippen molar-refractivity contribution in [3.8, 4) is 0 Å². The van der Waals surface area contributed by atoms with E-state index in [2.05, 4.69) is 34.3 Å². The Balaban J connectivity index is 0.000000195. The van der Waals surface area contributed by atoms with Crippen molar-refractivity contribution in [1.29, 1.82) is 0 Å². The number of esters is 1. The van der Waals surface area contributed by atoms with Gasteiger partial charge in [0, 0.05) is 19.2 Å². The Hall–Kier alpha value is -1.51. The Bertz CT molecular complexity index is 298. The molecule has 3 heteroatoms. The van der Waals surface area contributed by atoms with Crippen LogP contribution in [0.4, 0.5) is 5.69 Å². The van der Waals surface area contributed by atoms with Crippen LogP contribution in [0.5, 0.6) is 0 Å². The van der Waals surface area contributed by atoms with Crippen molar-refractivity contribution >= 4 is 11.7 Å². The highest BCUT2D eigenvalue weighted by Crippen LogP contribution is 2.19. The summed E-state index contributed by atoms with van der Waals surface area (Å²) in [7, 11) is 1.35. The quantitative estimate of drug-likeness (QED) is 0.663. The number of carbonyl (C=O) groups excluding carboxylic acids is 1. The number of fused-ring (bicyclic) bond motifs is 1. The molecule has 0 atom stereocenters. The fraction of sp³-hybridized carbons (Fsp3) is 0.417. The van der Waals surface area contributed by atoms with Crippen LogP contribution in [-0.4, -0.2) is 19.6 Å². The smallest absolute Gasteiger partial charge is 0.302 e. The molecule has 0 aromatic heterocycles. The summed E-state index contributed by atoms with van der Waals surface area (Å²) in [6, 6.07) is 8.53. The summed E-state index contributed by atoms with van der Waals surface area (Å²) in [4.78, 5) is 9.59. The van der Waals surface area contributed by atoms with Gasteiger partial charge >= 0.3 is 5.97 Å². The number of nitrogens with one attached hydrogen (secondary N) is 1. The zero-order valence-electron chi connectivity index (χ0n) is 9.25. The van der Waals surface area contributed by atoms with Gasteiger partial charge in [0.25, 0.3) is 0 Å². The minimum absolute atomic E-state index is 0.245. The molecule has 0 saturated carbocycles. The summed E-state index contributed by atoms with van der Waals surface area (Å²) >= 11 is 0. The van der Waals surface area contributed by atoms with E-state index in [1.54, 1.807) is 0 Å². The number of benzene rings is 1. The lowest BCUT2D eigenvalue weighted by atomic mass is 10.0. The second kappa shape index (κ2) is 6.06. The lowest BCUT2D eigenvalue weighted by molar-refractivity contribution is -0.137. The SMILES string of the molecule is COC(C)=O.c1ccc2c(c1)CCCN2. The summed E-state index contributed by atoms with van der Waals surface area (Å²) in [5.41, 5.74) is 2.79. The Labute approximate surface area is 90.4 Å². The molecule has 0 bridgehead atoms. The van der Waals surface area contributed by atoms with Gasteiger partial charge in [-0.1, -0.05) is 18.2 Å². The van der Waals surface area contributed by atoms with Crippen molar-refractivity contribution < 1.29 is 9.53 Å². The van der Waals surface area contributed by atoms with E-state index in [0.717, 1.165) is 6.54 Å². The van der Waals surface area contributed by atoms with Gasteiger partial charge in [0.15, 0.2) is 0 Å². The van der Waals surface area contributed by atoms with Gasteiger partial charge in [-0.2, -0.15) is 0 Å². The lowest BCUT2D eigenvalue weighted by Crippen LogP contribution is -2.10. The van der Waals surface area contributed by atoms with Crippen molar-refractivity contribution in [2.45, 2.75) is 19.8 Å². The fourth-order valence-corrected chi connectivity index (χ4v) is 1.41. The normalized spacial score (nSPS) is 12.7.